The number of aromatic carboxylic acids is 1. The largest absolute Gasteiger partial charge is 0.477 e. The normalized spacial score (nSPS) is 16.0. The summed E-state index contributed by atoms with van der Waals surface area (Å²) >= 11 is 1.17. The molecule has 0 spiro atoms. The SMILES string of the molecule is Cc1ccc(-c2cc(NP(=O)(OCC3CCCC3)c3ccc(C)cc3C)c(C(=O)O)s2)cc1. The summed E-state index contributed by atoms with van der Waals surface area (Å²) in [4.78, 5) is 13.0. The number of carboxylic acid groups (broad SMARTS) is 1. The lowest BCUT2D eigenvalue weighted by Crippen LogP contribution is -2.20. The van der Waals surface area contributed by atoms with E-state index in [9.17, 15) is 14.5 Å². The number of carboxylic acids is 1. The number of rotatable bonds is 8. The molecule has 33 heavy (non-hydrogen) atoms. The first-order valence-electron chi connectivity index (χ1n) is 11.3. The second-order valence-electron chi connectivity index (χ2n) is 8.92. The Balaban J connectivity index is 1.72. The van der Waals surface area contributed by atoms with Crippen LogP contribution in [0.1, 0.15) is 52.0 Å². The summed E-state index contributed by atoms with van der Waals surface area (Å²) in [6, 6.07) is 15.4. The smallest absolute Gasteiger partial charge is 0.348 e. The van der Waals surface area contributed by atoms with E-state index in [1.54, 1.807) is 6.07 Å². The molecule has 1 aliphatic rings. The van der Waals surface area contributed by atoms with Gasteiger partial charge in [-0.2, -0.15) is 0 Å². The van der Waals surface area contributed by atoms with Crippen LogP contribution in [0.3, 0.4) is 0 Å². The Bertz CT molecular complexity index is 1200. The van der Waals surface area contributed by atoms with Gasteiger partial charge in [0.25, 0.3) is 0 Å². The molecule has 1 atom stereocenters. The molecule has 3 aromatic rings. The Morgan fingerprint density at radius 1 is 1.06 bits per heavy atom. The molecule has 0 radical (unpaired) electrons. The van der Waals surface area contributed by atoms with Gasteiger partial charge in [-0.25, -0.2) is 4.79 Å². The average molecular weight is 484 g/mol. The Labute approximate surface area is 199 Å². The first-order chi connectivity index (χ1) is 15.7. The number of carbonyl (C=O) groups is 1. The third-order valence-corrected chi connectivity index (χ3v) is 9.52. The van der Waals surface area contributed by atoms with Crippen LogP contribution in [-0.2, 0) is 9.09 Å². The van der Waals surface area contributed by atoms with Crippen LogP contribution in [-0.4, -0.2) is 17.7 Å². The van der Waals surface area contributed by atoms with Crippen LogP contribution in [0.25, 0.3) is 10.4 Å². The molecule has 1 saturated carbocycles. The first-order valence-corrected chi connectivity index (χ1v) is 13.7. The number of anilines is 1. The van der Waals surface area contributed by atoms with Crippen molar-refractivity contribution >= 4 is 35.8 Å². The topological polar surface area (TPSA) is 75.6 Å². The van der Waals surface area contributed by atoms with E-state index in [-0.39, 0.29) is 4.88 Å². The van der Waals surface area contributed by atoms with Crippen LogP contribution in [0, 0.1) is 26.7 Å². The van der Waals surface area contributed by atoms with Gasteiger partial charge in [0.1, 0.15) is 4.88 Å². The lowest BCUT2D eigenvalue weighted by molar-refractivity contribution is 0.0703. The molecule has 0 saturated heterocycles. The van der Waals surface area contributed by atoms with Gasteiger partial charge in [0.05, 0.1) is 17.6 Å². The van der Waals surface area contributed by atoms with E-state index in [1.807, 2.05) is 63.2 Å². The van der Waals surface area contributed by atoms with E-state index < -0.39 is 13.5 Å². The molecular weight excluding hydrogens is 453 g/mol. The van der Waals surface area contributed by atoms with Crippen LogP contribution in [0.4, 0.5) is 5.69 Å². The zero-order chi connectivity index (χ0) is 23.6. The van der Waals surface area contributed by atoms with Gasteiger partial charge in [0, 0.05) is 4.88 Å². The third kappa shape index (κ3) is 5.40. The monoisotopic (exact) mass is 483 g/mol. The molecule has 1 unspecified atom stereocenters. The van der Waals surface area contributed by atoms with Crippen LogP contribution < -0.4 is 10.4 Å². The fraction of sp³-hybridized carbons (Fsp3) is 0.346. The van der Waals surface area contributed by atoms with Gasteiger partial charge in [0.2, 0.25) is 0 Å². The molecule has 2 aromatic carbocycles. The van der Waals surface area contributed by atoms with Crippen molar-refractivity contribution in [2.75, 3.05) is 11.7 Å². The third-order valence-electron chi connectivity index (χ3n) is 6.17. The van der Waals surface area contributed by atoms with Gasteiger partial charge in [-0.1, -0.05) is 60.4 Å². The van der Waals surface area contributed by atoms with Crippen LogP contribution in [0.15, 0.2) is 48.5 Å². The predicted octanol–water partition coefficient (Wildman–Crippen LogP) is 7.18. The summed E-state index contributed by atoms with van der Waals surface area (Å²) in [7, 11) is -3.56. The minimum Gasteiger partial charge on any atom is -0.477 e. The molecule has 7 heteroatoms. The zero-order valence-electron chi connectivity index (χ0n) is 19.3. The van der Waals surface area contributed by atoms with E-state index in [2.05, 4.69) is 5.09 Å². The van der Waals surface area contributed by atoms with Crippen molar-refractivity contribution in [1.82, 2.24) is 0 Å². The van der Waals surface area contributed by atoms with Crippen LogP contribution in [0.5, 0.6) is 0 Å². The summed E-state index contributed by atoms with van der Waals surface area (Å²) in [6.07, 6.45) is 4.48. The molecule has 5 nitrogen and oxygen atoms in total. The van der Waals surface area contributed by atoms with Crippen molar-refractivity contribution in [1.29, 1.82) is 0 Å². The lowest BCUT2D eigenvalue weighted by Gasteiger charge is -2.24. The number of hydrogen-bond acceptors (Lipinski definition) is 4. The summed E-state index contributed by atoms with van der Waals surface area (Å²) in [6.45, 7) is 6.31. The first kappa shape index (κ1) is 23.7. The summed E-state index contributed by atoms with van der Waals surface area (Å²) < 4.78 is 20.5. The number of aryl methyl sites for hydroxylation is 3. The molecule has 1 aliphatic carbocycles. The van der Waals surface area contributed by atoms with E-state index >= 15 is 0 Å². The Morgan fingerprint density at radius 2 is 1.73 bits per heavy atom. The molecule has 1 fully saturated rings. The van der Waals surface area contributed by atoms with Crippen molar-refractivity contribution < 1.29 is 19.0 Å². The minimum absolute atomic E-state index is 0.125. The number of benzene rings is 2. The van der Waals surface area contributed by atoms with Crippen molar-refractivity contribution in [2.24, 2.45) is 5.92 Å². The maximum atomic E-state index is 14.3. The average Bonchev–Trinajstić information content (AvgIpc) is 3.43. The predicted molar refractivity (Wildman–Crippen MR) is 136 cm³/mol. The van der Waals surface area contributed by atoms with Crippen molar-refractivity contribution in [3.05, 3.63) is 70.1 Å². The van der Waals surface area contributed by atoms with Gasteiger partial charge in [0.15, 0.2) is 0 Å². The number of hydrogen-bond donors (Lipinski definition) is 2. The molecule has 0 aliphatic heterocycles. The molecule has 174 valence electrons. The van der Waals surface area contributed by atoms with E-state index in [0.717, 1.165) is 40.0 Å². The molecule has 4 rings (SSSR count). The summed E-state index contributed by atoms with van der Waals surface area (Å²) in [5, 5.41) is 13.5. The maximum Gasteiger partial charge on any atom is 0.348 e. The fourth-order valence-electron chi connectivity index (χ4n) is 4.34. The second kappa shape index (κ2) is 9.84. The minimum atomic E-state index is -3.56. The van der Waals surface area contributed by atoms with E-state index in [1.165, 1.54) is 24.2 Å². The Morgan fingerprint density at radius 3 is 2.36 bits per heavy atom. The van der Waals surface area contributed by atoms with Crippen LogP contribution in [0.2, 0.25) is 0 Å². The fourth-order valence-corrected chi connectivity index (χ4v) is 7.41. The Kier molecular flexibility index (Phi) is 7.08. The van der Waals surface area contributed by atoms with Gasteiger partial charge in [-0.15, -0.1) is 11.3 Å². The van der Waals surface area contributed by atoms with Gasteiger partial charge in [-0.3, -0.25) is 4.57 Å². The molecule has 1 heterocycles. The maximum absolute atomic E-state index is 14.3. The van der Waals surface area contributed by atoms with Gasteiger partial charge >= 0.3 is 13.5 Å². The summed E-state index contributed by atoms with van der Waals surface area (Å²) in [5.74, 6) is -0.667. The van der Waals surface area contributed by atoms with Crippen molar-refractivity contribution in [3.63, 3.8) is 0 Å². The molecule has 0 amide bonds. The summed E-state index contributed by atoms with van der Waals surface area (Å²) in [5.41, 5.74) is 4.32. The number of thiophene rings is 1. The molecule has 1 aromatic heterocycles. The van der Waals surface area contributed by atoms with E-state index in [4.69, 9.17) is 4.52 Å². The van der Waals surface area contributed by atoms with Crippen LogP contribution >= 0.6 is 18.9 Å². The molecule has 2 N–H and O–H groups in total. The van der Waals surface area contributed by atoms with Gasteiger partial charge in [-0.05, 0) is 62.8 Å². The van der Waals surface area contributed by atoms with Gasteiger partial charge < -0.3 is 14.7 Å². The lowest BCUT2D eigenvalue weighted by atomic mass is 10.1. The highest BCUT2D eigenvalue weighted by atomic mass is 32.1. The highest BCUT2D eigenvalue weighted by molar-refractivity contribution is 7.68. The van der Waals surface area contributed by atoms with E-state index in [0.29, 0.717) is 23.5 Å². The zero-order valence-corrected chi connectivity index (χ0v) is 21.0. The molecular formula is C26H30NO4PS. The Hall–Kier alpha value is -2.40. The second-order valence-corrected chi connectivity index (χ2v) is 12.0. The highest BCUT2D eigenvalue weighted by Gasteiger charge is 2.32. The standard InChI is InChI=1S/C26H30NO4PS/c1-17-8-11-21(12-9-17)24-15-22(25(33-24)26(28)29)27-32(30,31-16-20-6-4-5-7-20)23-13-10-18(2)14-19(23)3/h8-15,20H,4-7,16H2,1-3H3,(H,27,30)(H,28,29). The highest BCUT2D eigenvalue weighted by Crippen LogP contribution is 2.50. The number of nitrogens with one attached hydrogen (secondary N) is 1. The quantitative estimate of drug-likeness (QED) is 0.332. The van der Waals surface area contributed by atoms with Crippen molar-refractivity contribution in [3.8, 4) is 10.4 Å². The van der Waals surface area contributed by atoms with Crippen molar-refractivity contribution in [2.45, 2.75) is 46.5 Å². The molecule has 0 bridgehead atoms.